The number of amides is 1. The Morgan fingerprint density at radius 1 is 1.33 bits per heavy atom. The van der Waals surface area contributed by atoms with Crippen molar-refractivity contribution < 1.29 is 9.53 Å². The molecule has 1 heterocycles. The van der Waals surface area contributed by atoms with Crippen molar-refractivity contribution in [1.82, 2.24) is 15.3 Å². The zero-order chi connectivity index (χ0) is 15.2. The largest absolute Gasteiger partial charge is 0.369 e. The van der Waals surface area contributed by atoms with Gasteiger partial charge in [0.2, 0.25) is 5.91 Å². The summed E-state index contributed by atoms with van der Waals surface area (Å²) >= 11 is 0. The molecule has 0 radical (unpaired) electrons. The van der Waals surface area contributed by atoms with Gasteiger partial charge in [-0.25, -0.2) is 4.98 Å². The number of benzene rings is 1. The number of carbonyl (C=O) groups excluding carboxylic acids is 1. The third kappa shape index (κ3) is 3.92. The molecular weight excluding hydrogens is 266 g/mol. The molecule has 2 N–H and O–H groups in total. The van der Waals surface area contributed by atoms with Crippen LogP contribution in [-0.2, 0) is 9.53 Å². The van der Waals surface area contributed by atoms with Crippen molar-refractivity contribution in [2.75, 3.05) is 6.61 Å². The summed E-state index contributed by atoms with van der Waals surface area (Å²) in [6, 6.07) is 9.75. The van der Waals surface area contributed by atoms with Gasteiger partial charge in [0.1, 0.15) is 11.9 Å². The molecular formula is C16H21N3O2. The van der Waals surface area contributed by atoms with Gasteiger partial charge < -0.3 is 15.0 Å². The zero-order valence-corrected chi connectivity index (χ0v) is 12.6. The lowest BCUT2D eigenvalue weighted by molar-refractivity contribution is -0.132. The third-order valence-electron chi connectivity index (χ3n) is 3.24. The number of H-pyrrole nitrogens is 1. The van der Waals surface area contributed by atoms with E-state index in [0.29, 0.717) is 6.61 Å². The summed E-state index contributed by atoms with van der Waals surface area (Å²) in [7, 11) is 0. The number of ether oxygens (including phenoxy) is 1. The average Bonchev–Trinajstić information content (AvgIpc) is 2.98. The Labute approximate surface area is 124 Å². The highest BCUT2D eigenvalue weighted by Crippen LogP contribution is 2.18. The van der Waals surface area contributed by atoms with Gasteiger partial charge in [0, 0.05) is 6.61 Å². The maximum atomic E-state index is 11.9. The minimum absolute atomic E-state index is 0.137. The Hall–Kier alpha value is -2.14. The van der Waals surface area contributed by atoms with Crippen LogP contribution < -0.4 is 5.32 Å². The first-order chi connectivity index (χ1) is 10.1. The maximum absolute atomic E-state index is 11.9. The summed E-state index contributed by atoms with van der Waals surface area (Å²) < 4.78 is 5.27. The van der Waals surface area contributed by atoms with E-state index in [0.717, 1.165) is 17.1 Å². The molecule has 0 spiro atoms. The topological polar surface area (TPSA) is 67.0 Å². The molecule has 0 aliphatic rings. The quantitative estimate of drug-likeness (QED) is 0.858. The summed E-state index contributed by atoms with van der Waals surface area (Å²) in [5.74, 6) is 0.591. The predicted molar refractivity (Wildman–Crippen MR) is 81.7 cm³/mol. The molecule has 5 nitrogen and oxygen atoms in total. The molecule has 0 bridgehead atoms. The fraction of sp³-hybridized carbons (Fsp3) is 0.375. The van der Waals surface area contributed by atoms with Crippen molar-refractivity contribution in [3.63, 3.8) is 0 Å². The molecule has 1 aromatic heterocycles. The van der Waals surface area contributed by atoms with Crippen LogP contribution in [0.5, 0.6) is 0 Å². The van der Waals surface area contributed by atoms with Gasteiger partial charge in [-0.05, 0) is 26.3 Å². The fourth-order valence-corrected chi connectivity index (χ4v) is 2.05. The molecule has 0 fully saturated rings. The van der Waals surface area contributed by atoms with E-state index < -0.39 is 6.10 Å². The molecule has 21 heavy (non-hydrogen) atoms. The molecule has 0 unspecified atom stereocenters. The molecule has 2 atom stereocenters. The molecule has 1 aromatic carbocycles. The van der Waals surface area contributed by atoms with Gasteiger partial charge in [-0.1, -0.05) is 30.3 Å². The van der Waals surface area contributed by atoms with Crippen LogP contribution in [-0.4, -0.2) is 28.6 Å². The molecule has 1 amide bonds. The van der Waals surface area contributed by atoms with Crippen LogP contribution >= 0.6 is 0 Å². The Morgan fingerprint density at radius 3 is 2.71 bits per heavy atom. The summed E-state index contributed by atoms with van der Waals surface area (Å²) in [6.45, 7) is 6.01. The highest BCUT2D eigenvalue weighted by Gasteiger charge is 2.18. The second kappa shape index (κ2) is 7.04. The van der Waals surface area contributed by atoms with Gasteiger partial charge in [-0.3, -0.25) is 4.79 Å². The van der Waals surface area contributed by atoms with Gasteiger partial charge in [0.25, 0.3) is 0 Å². The molecule has 0 aliphatic heterocycles. The fourth-order valence-electron chi connectivity index (χ4n) is 2.05. The lowest BCUT2D eigenvalue weighted by Gasteiger charge is -2.16. The normalized spacial score (nSPS) is 13.7. The highest BCUT2D eigenvalue weighted by atomic mass is 16.5. The van der Waals surface area contributed by atoms with Gasteiger partial charge in [-0.15, -0.1) is 0 Å². The number of aromatic nitrogens is 2. The Bertz CT molecular complexity index is 580. The molecule has 0 aliphatic carbocycles. The van der Waals surface area contributed by atoms with Crippen LogP contribution in [0.4, 0.5) is 0 Å². The van der Waals surface area contributed by atoms with E-state index in [1.54, 1.807) is 13.1 Å². The number of imidazole rings is 1. The van der Waals surface area contributed by atoms with E-state index in [1.807, 2.05) is 44.2 Å². The number of nitrogens with one attached hydrogen (secondary N) is 2. The average molecular weight is 287 g/mol. The Balaban J connectivity index is 2.02. The van der Waals surface area contributed by atoms with E-state index in [4.69, 9.17) is 4.74 Å². The number of rotatable bonds is 6. The van der Waals surface area contributed by atoms with E-state index in [-0.39, 0.29) is 11.9 Å². The minimum atomic E-state index is -0.457. The predicted octanol–water partition coefficient (Wildman–Crippen LogP) is 2.68. The van der Waals surface area contributed by atoms with Crippen molar-refractivity contribution in [2.45, 2.75) is 32.9 Å². The van der Waals surface area contributed by atoms with Gasteiger partial charge in [-0.2, -0.15) is 0 Å². The standard InChI is InChI=1S/C16H21N3O2/c1-4-21-12(3)16(20)18-11(2)15-17-10-14(19-15)13-8-6-5-7-9-13/h5-12H,4H2,1-3H3,(H,17,19)(H,18,20)/t11-,12-/m0/s1. The number of hydrogen-bond donors (Lipinski definition) is 2. The smallest absolute Gasteiger partial charge is 0.249 e. The molecule has 5 heteroatoms. The zero-order valence-electron chi connectivity index (χ0n) is 12.6. The summed E-state index contributed by atoms with van der Waals surface area (Å²) in [5, 5.41) is 2.89. The summed E-state index contributed by atoms with van der Waals surface area (Å²) in [6.07, 6.45) is 1.32. The van der Waals surface area contributed by atoms with Gasteiger partial charge >= 0.3 is 0 Å². The van der Waals surface area contributed by atoms with Crippen molar-refractivity contribution >= 4 is 5.91 Å². The summed E-state index contributed by atoms with van der Waals surface area (Å²) in [4.78, 5) is 19.5. The van der Waals surface area contributed by atoms with Crippen molar-refractivity contribution in [3.05, 3.63) is 42.4 Å². The van der Waals surface area contributed by atoms with Crippen LogP contribution in [0.1, 0.15) is 32.6 Å². The van der Waals surface area contributed by atoms with Crippen molar-refractivity contribution in [1.29, 1.82) is 0 Å². The third-order valence-corrected chi connectivity index (χ3v) is 3.24. The molecule has 2 aromatic rings. The van der Waals surface area contributed by atoms with Crippen molar-refractivity contribution in [2.24, 2.45) is 0 Å². The van der Waals surface area contributed by atoms with E-state index >= 15 is 0 Å². The number of carbonyl (C=O) groups is 1. The number of aromatic amines is 1. The lowest BCUT2D eigenvalue weighted by Crippen LogP contribution is -2.36. The lowest BCUT2D eigenvalue weighted by atomic mass is 10.2. The first kappa shape index (κ1) is 15.3. The van der Waals surface area contributed by atoms with Crippen LogP contribution in [0.3, 0.4) is 0 Å². The monoisotopic (exact) mass is 287 g/mol. The van der Waals surface area contributed by atoms with Gasteiger partial charge in [0.05, 0.1) is 17.9 Å². The molecule has 2 rings (SSSR count). The maximum Gasteiger partial charge on any atom is 0.249 e. The first-order valence-electron chi connectivity index (χ1n) is 7.14. The second-order valence-electron chi connectivity index (χ2n) is 4.88. The highest BCUT2D eigenvalue weighted by molar-refractivity contribution is 5.80. The van der Waals surface area contributed by atoms with E-state index in [1.165, 1.54) is 0 Å². The number of nitrogens with zero attached hydrogens (tertiary/aromatic N) is 1. The minimum Gasteiger partial charge on any atom is -0.369 e. The van der Waals surface area contributed by atoms with Crippen LogP contribution in [0, 0.1) is 0 Å². The number of hydrogen-bond acceptors (Lipinski definition) is 3. The Morgan fingerprint density at radius 2 is 2.05 bits per heavy atom. The SMILES string of the molecule is CCO[C@@H](C)C(=O)N[C@@H](C)c1ncc(-c2ccccc2)[nH]1. The van der Waals surface area contributed by atoms with Crippen molar-refractivity contribution in [3.8, 4) is 11.3 Å². The van der Waals surface area contributed by atoms with E-state index in [2.05, 4.69) is 15.3 Å². The second-order valence-corrected chi connectivity index (χ2v) is 4.88. The van der Waals surface area contributed by atoms with E-state index in [9.17, 15) is 4.79 Å². The first-order valence-corrected chi connectivity index (χ1v) is 7.14. The Kier molecular flexibility index (Phi) is 5.11. The van der Waals surface area contributed by atoms with Gasteiger partial charge in [0.15, 0.2) is 0 Å². The van der Waals surface area contributed by atoms with Crippen LogP contribution in [0.15, 0.2) is 36.5 Å². The molecule has 0 saturated heterocycles. The molecule has 0 saturated carbocycles. The summed E-state index contributed by atoms with van der Waals surface area (Å²) in [5.41, 5.74) is 2.00. The van der Waals surface area contributed by atoms with Crippen LogP contribution in [0.25, 0.3) is 11.3 Å². The van der Waals surface area contributed by atoms with Crippen LogP contribution in [0.2, 0.25) is 0 Å². The molecule has 112 valence electrons.